The zero-order chi connectivity index (χ0) is 16.9. The number of benzene rings is 1. The summed E-state index contributed by atoms with van der Waals surface area (Å²) >= 11 is 0. The molecule has 4 heteroatoms. The maximum atomic E-state index is 12.5. The van der Waals surface area contributed by atoms with Crippen LogP contribution in [0.15, 0.2) is 36.4 Å². The van der Waals surface area contributed by atoms with Gasteiger partial charge in [0.25, 0.3) is 0 Å². The molecule has 0 aromatic heterocycles. The Morgan fingerprint density at radius 3 is 2.09 bits per heavy atom. The van der Waals surface area contributed by atoms with E-state index < -0.39 is 17.4 Å². The highest BCUT2D eigenvalue weighted by Gasteiger charge is 2.74. The normalized spacial score (nSPS) is 21.9. The number of carbonyl (C=O) groups is 2. The van der Waals surface area contributed by atoms with E-state index in [2.05, 4.69) is 0 Å². The summed E-state index contributed by atoms with van der Waals surface area (Å²) in [6.07, 6.45) is 4.62. The molecule has 0 heterocycles. The Kier molecular flexibility index (Phi) is 5.59. The Hall–Kier alpha value is -2.10. The van der Waals surface area contributed by atoms with E-state index >= 15 is 0 Å². The first-order chi connectivity index (χ1) is 11.1. The molecule has 0 aliphatic heterocycles. The largest absolute Gasteiger partial charge is 0.465 e. The number of hydrogen-bond donors (Lipinski definition) is 0. The first kappa shape index (κ1) is 17.3. The van der Waals surface area contributed by atoms with E-state index in [1.807, 2.05) is 49.4 Å². The van der Waals surface area contributed by atoms with Crippen molar-refractivity contribution in [1.29, 1.82) is 0 Å². The molecule has 4 nitrogen and oxygen atoms in total. The van der Waals surface area contributed by atoms with Crippen molar-refractivity contribution in [3.8, 4) is 0 Å². The maximum absolute atomic E-state index is 12.5. The molecule has 0 bridgehead atoms. The van der Waals surface area contributed by atoms with Crippen LogP contribution in [0.1, 0.15) is 32.8 Å². The number of esters is 2. The average Bonchev–Trinajstić information content (AvgIpc) is 3.23. The highest BCUT2D eigenvalue weighted by molar-refractivity contribution is 6.05. The molecular formula is C19H24O4. The molecular weight excluding hydrogens is 292 g/mol. The van der Waals surface area contributed by atoms with Gasteiger partial charge in [-0.05, 0) is 25.3 Å². The fourth-order valence-corrected chi connectivity index (χ4v) is 3.29. The summed E-state index contributed by atoms with van der Waals surface area (Å²) in [7, 11) is 0. The molecule has 0 radical (unpaired) electrons. The lowest BCUT2D eigenvalue weighted by atomic mass is 10.0. The summed E-state index contributed by atoms with van der Waals surface area (Å²) in [4.78, 5) is 25.0. The van der Waals surface area contributed by atoms with Crippen LogP contribution in [-0.2, 0) is 19.1 Å². The monoisotopic (exact) mass is 316 g/mol. The van der Waals surface area contributed by atoms with Crippen molar-refractivity contribution in [3.63, 3.8) is 0 Å². The molecule has 1 aromatic rings. The molecule has 1 aliphatic carbocycles. The summed E-state index contributed by atoms with van der Waals surface area (Å²) in [5, 5.41) is 0. The van der Waals surface area contributed by atoms with Crippen LogP contribution in [-0.4, -0.2) is 25.2 Å². The topological polar surface area (TPSA) is 52.6 Å². The molecule has 0 N–H and O–H groups in total. The maximum Gasteiger partial charge on any atom is 0.324 e. The van der Waals surface area contributed by atoms with E-state index in [0.717, 1.165) is 12.0 Å². The average molecular weight is 316 g/mol. The van der Waals surface area contributed by atoms with Crippen LogP contribution in [0.2, 0.25) is 0 Å². The summed E-state index contributed by atoms with van der Waals surface area (Å²) < 4.78 is 10.4. The second-order valence-electron chi connectivity index (χ2n) is 5.62. The van der Waals surface area contributed by atoms with Crippen LogP contribution >= 0.6 is 0 Å². The summed E-state index contributed by atoms with van der Waals surface area (Å²) in [5.41, 5.74) is -0.137. The number of hydrogen-bond acceptors (Lipinski definition) is 4. The first-order valence-electron chi connectivity index (χ1n) is 8.20. The van der Waals surface area contributed by atoms with Gasteiger partial charge in [0, 0.05) is 5.92 Å². The lowest BCUT2D eigenvalue weighted by Crippen LogP contribution is -2.33. The third kappa shape index (κ3) is 3.16. The van der Waals surface area contributed by atoms with Gasteiger partial charge in [-0.1, -0.05) is 55.8 Å². The Bertz CT molecular complexity index is 558. The van der Waals surface area contributed by atoms with E-state index in [9.17, 15) is 9.59 Å². The fraction of sp³-hybridized carbons (Fsp3) is 0.474. The quantitative estimate of drug-likeness (QED) is 0.571. The molecule has 1 fully saturated rings. The predicted octanol–water partition coefficient (Wildman–Crippen LogP) is 3.47. The minimum absolute atomic E-state index is 0.0689. The number of allylic oxidation sites excluding steroid dienone is 1. The number of ether oxygens (including phenoxy) is 2. The van der Waals surface area contributed by atoms with E-state index in [1.165, 1.54) is 0 Å². The van der Waals surface area contributed by atoms with E-state index in [1.54, 1.807) is 13.8 Å². The third-order valence-corrected chi connectivity index (χ3v) is 4.40. The third-order valence-electron chi connectivity index (χ3n) is 4.40. The van der Waals surface area contributed by atoms with Crippen LogP contribution in [0.3, 0.4) is 0 Å². The molecule has 2 unspecified atom stereocenters. The molecule has 0 spiro atoms. The zero-order valence-electron chi connectivity index (χ0n) is 14.0. The van der Waals surface area contributed by atoms with Gasteiger partial charge < -0.3 is 9.47 Å². The molecule has 23 heavy (non-hydrogen) atoms. The van der Waals surface area contributed by atoms with Gasteiger partial charge in [0.2, 0.25) is 0 Å². The van der Waals surface area contributed by atoms with Crippen molar-refractivity contribution in [2.45, 2.75) is 27.2 Å². The van der Waals surface area contributed by atoms with Gasteiger partial charge in [0.05, 0.1) is 13.2 Å². The number of rotatable bonds is 7. The van der Waals surface area contributed by atoms with Crippen LogP contribution in [0, 0.1) is 17.3 Å². The summed E-state index contributed by atoms with van der Waals surface area (Å²) in [6.45, 7) is 5.98. The van der Waals surface area contributed by atoms with Gasteiger partial charge in [0.1, 0.15) is 0 Å². The highest BCUT2D eigenvalue weighted by atomic mass is 16.6. The van der Waals surface area contributed by atoms with Gasteiger partial charge in [-0.15, -0.1) is 0 Å². The zero-order valence-corrected chi connectivity index (χ0v) is 14.0. The van der Waals surface area contributed by atoms with E-state index in [0.29, 0.717) is 0 Å². The molecule has 124 valence electrons. The van der Waals surface area contributed by atoms with Gasteiger partial charge >= 0.3 is 11.9 Å². The Morgan fingerprint density at radius 2 is 1.61 bits per heavy atom. The molecule has 1 saturated carbocycles. The van der Waals surface area contributed by atoms with Crippen molar-refractivity contribution in [2.24, 2.45) is 17.3 Å². The predicted molar refractivity (Wildman–Crippen MR) is 88.4 cm³/mol. The van der Waals surface area contributed by atoms with Crippen LogP contribution in [0.25, 0.3) is 6.08 Å². The Morgan fingerprint density at radius 1 is 1.04 bits per heavy atom. The molecule has 2 atom stereocenters. The van der Waals surface area contributed by atoms with Crippen molar-refractivity contribution in [3.05, 3.63) is 42.0 Å². The molecule has 1 aromatic carbocycles. The van der Waals surface area contributed by atoms with Gasteiger partial charge in [-0.3, -0.25) is 9.59 Å². The van der Waals surface area contributed by atoms with Crippen LogP contribution in [0.5, 0.6) is 0 Å². The van der Waals surface area contributed by atoms with Gasteiger partial charge in [0.15, 0.2) is 5.41 Å². The first-order valence-corrected chi connectivity index (χ1v) is 8.20. The SMILES string of the molecule is CCOC(=O)C1(C(=O)OCC)C(/C=C/c2ccccc2)C1CC. The Balaban J connectivity index is 2.28. The lowest BCUT2D eigenvalue weighted by Gasteiger charge is -2.14. The van der Waals surface area contributed by atoms with Crippen molar-refractivity contribution in [1.82, 2.24) is 0 Å². The van der Waals surface area contributed by atoms with Crippen molar-refractivity contribution >= 4 is 18.0 Å². The standard InChI is InChI=1S/C19H24O4/c1-4-15-16(13-12-14-10-8-7-9-11-14)19(15,17(20)22-5-2)18(21)23-6-3/h7-13,15-16H,4-6H2,1-3H3/b13-12+. The van der Waals surface area contributed by atoms with Gasteiger partial charge in [-0.2, -0.15) is 0 Å². The van der Waals surface area contributed by atoms with Crippen molar-refractivity contribution < 1.29 is 19.1 Å². The second kappa shape index (κ2) is 7.44. The summed E-state index contributed by atoms with van der Waals surface area (Å²) in [5.74, 6) is -1.17. The van der Waals surface area contributed by atoms with Crippen molar-refractivity contribution in [2.75, 3.05) is 13.2 Å². The number of carbonyl (C=O) groups excluding carboxylic acids is 2. The lowest BCUT2D eigenvalue weighted by molar-refractivity contribution is -0.165. The fourth-order valence-electron chi connectivity index (χ4n) is 3.29. The van der Waals surface area contributed by atoms with E-state index in [4.69, 9.17) is 9.47 Å². The minimum Gasteiger partial charge on any atom is -0.465 e. The summed E-state index contributed by atoms with van der Waals surface area (Å²) in [6, 6.07) is 9.82. The van der Waals surface area contributed by atoms with Gasteiger partial charge in [-0.25, -0.2) is 0 Å². The molecule has 0 saturated heterocycles. The Labute approximate surface area is 137 Å². The smallest absolute Gasteiger partial charge is 0.324 e. The second-order valence-corrected chi connectivity index (χ2v) is 5.62. The van der Waals surface area contributed by atoms with Crippen LogP contribution in [0.4, 0.5) is 0 Å². The highest BCUT2D eigenvalue weighted by Crippen LogP contribution is 2.63. The molecule has 1 aliphatic rings. The van der Waals surface area contributed by atoms with Crippen LogP contribution < -0.4 is 0 Å². The molecule has 0 amide bonds. The molecule has 2 rings (SSSR count). The van der Waals surface area contributed by atoms with E-state index in [-0.39, 0.29) is 25.0 Å². The minimum atomic E-state index is -1.17.